The maximum atomic E-state index is 5.49. The second kappa shape index (κ2) is 5.66. The molecule has 0 radical (unpaired) electrons. The molecular formula is C12H14BrNOS. The second-order valence-electron chi connectivity index (χ2n) is 3.65. The standard InChI is InChI=1S/C12H14BrNOS/c1-9(11-4-5-12(13)15-11)14-7-6-10-3-2-8-16-10/h2-5,8-9,14H,6-7H2,1H3. The van der Waals surface area contributed by atoms with E-state index in [1.807, 2.05) is 12.1 Å². The van der Waals surface area contributed by atoms with Crippen LogP contribution in [0.1, 0.15) is 23.6 Å². The van der Waals surface area contributed by atoms with Gasteiger partial charge in [0.05, 0.1) is 6.04 Å². The van der Waals surface area contributed by atoms with E-state index in [1.54, 1.807) is 11.3 Å². The van der Waals surface area contributed by atoms with Gasteiger partial charge < -0.3 is 9.73 Å². The quantitative estimate of drug-likeness (QED) is 0.903. The average molecular weight is 300 g/mol. The van der Waals surface area contributed by atoms with Gasteiger partial charge in [-0.1, -0.05) is 6.07 Å². The molecule has 16 heavy (non-hydrogen) atoms. The van der Waals surface area contributed by atoms with Gasteiger partial charge in [-0.3, -0.25) is 0 Å². The van der Waals surface area contributed by atoms with Crippen LogP contribution in [0.2, 0.25) is 0 Å². The number of hydrogen-bond donors (Lipinski definition) is 1. The van der Waals surface area contributed by atoms with Gasteiger partial charge >= 0.3 is 0 Å². The first-order chi connectivity index (χ1) is 7.75. The van der Waals surface area contributed by atoms with Gasteiger partial charge in [-0.2, -0.15) is 0 Å². The van der Waals surface area contributed by atoms with Crippen LogP contribution >= 0.6 is 27.3 Å². The molecular weight excluding hydrogens is 286 g/mol. The van der Waals surface area contributed by atoms with Crippen molar-refractivity contribution in [2.45, 2.75) is 19.4 Å². The van der Waals surface area contributed by atoms with E-state index in [-0.39, 0.29) is 6.04 Å². The molecule has 1 N–H and O–H groups in total. The molecule has 0 aromatic carbocycles. The Morgan fingerprint density at radius 2 is 2.31 bits per heavy atom. The number of thiophene rings is 1. The Morgan fingerprint density at radius 1 is 1.44 bits per heavy atom. The normalized spacial score (nSPS) is 12.9. The van der Waals surface area contributed by atoms with Gasteiger partial charge in [-0.05, 0) is 52.9 Å². The van der Waals surface area contributed by atoms with Crippen LogP contribution in [-0.4, -0.2) is 6.54 Å². The van der Waals surface area contributed by atoms with Crippen molar-refractivity contribution in [2.24, 2.45) is 0 Å². The van der Waals surface area contributed by atoms with Gasteiger partial charge in [0.15, 0.2) is 4.67 Å². The molecule has 86 valence electrons. The predicted molar refractivity (Wildman–Crippen MR) is 70.8 cm³/mol. The van der Waals surface area contributed by atoms with E-state index >= 15 is 0 Å². The highest BCUT2D eigenvalue weighted by molar-refractivity contribution is 9.10. The Kier molecular flexibility index (Phi) is 4.21. The van der Waals surface area contributed by atoms with E-state index in [0.29, 0.717) is 0 Å². The topological polar surface area (TPSA) is 25.2 Å². The zero-order valence-electron chi connectivity index (χ0n) is 9.07. The van der Waals surface area contributed by atoms with Crippen LogP contribution in [0, 0.1) is 0 Å². The van der Waals surface area contributed by atoms with Gasteiger partial charge in [0, 0.05) is 11.4 Å². The Hall–Kier alpha value is -0.580. The largest absolute Gasteiger partial charge is 0.453 e. The molecule has 2 nitrogen and oxygen atoms in total. The molecule has 2 aromatic rings. The van der Waals surface area contributed by atoms with Crippen LogP contribution in [0.4, 0.5) is 0 Å². The van der Waals surface area contributed by atoms with Crippen molar-refractivity contribution >= 4 is 27.3 Å². The molecule has 1 atom stereocenters. The minimum Gasteiger partial charge on any atom is -0.453 e. The molecule has 0 saturated heterocycles. The van der Waals surface area contributed by atoms with E-state index < -0.39 is 0 Å². The molecule has 0 saturated carbocycles. The average Bonchev–Trinajstić information content (AvgIpc) is 2.89. The van der Waals surface area contributed by atoms with Crippen molar-refractivity contribution in [1.29, 1.82) is 0 Å². The van der Waals surface area contributed by atoms with Gasteiger partial charge in [-0.15, -0.1) is 11.3 Å². The summed E-state index contributed by atoms with van der Waals surface area (Å²) in [6.07, 6.45) is 1.07. The highest BCUT2D eigenvalue weighted by atomic mass is 79.9. The Balaban J connectivity index is 1.78. The van der Waals surface area contributed by atoms with Crippen molar-refractivity contribution in [2.75, 3.05) is 6.54 Å². The van der Waals surface area contributed by atoms with Crippen molar-refractivity contribution in [3.8, 4) is 0 Å². The van der Waals surface area contributed by atoms with Crippen LogP contribution in [0.15, 0.2) is 38.7 Å². The summed E-state index contributed by atoms with van der Waals surface area (Å²) in [5.41, 5.74) is 0. The Labute approximate surface area is 108 Å². The lowest BCUT2D eigenvalue weighted by Crippen LogP contribution is -2.20. The number of hydrogen-bond acceptors (Lipinski definition) is 3. The number of furan rings is 1. The fraction of sp³-hybridized carbons (Fsp3) is 0.333. The van der Waals surface area contributed by atoms with E-state index in [9.17, 15) is 0 Å². The minimum absolute atomic E-state index is 0.256. The summed E-state index contributed by atoms with van der Waals surface area (Å²) in [7, 11) is 0. The lowest BCUT2D eigenvalue weighted by Gasteiger charge is -2.10. The van der Waals surface area contributed by atoms with Gasteiger partial charge in [-0.25, -0.2) is 0 Å². The predicted octanol–water partition coefficient (Wildman–Crippen LogP) is 4.00. The number of nitrogens with one attached hydrogen (secondary N) is 1. The third kappa shape index (κ3) is 3.20. The van der Waals surface area contributed by atoms with Gasteiger partial charge in [0.25, 0.3) is 0 Å². The Morgan fingerprint density at radius 3 is 2.94 bits per heavy atom. The molecule has 0 amide bonds. The number of halogens is 1. The summed E-state index contributed by atoms with van der Waals surface area (Å²) in [5, 5.41) is 5.56. The molecule has 0 fully saturated rings. The van der Waals surface area contributed by atoms with Gasteiger partial charge in [0.2, 0.25) is 0 Å². The van der Waals surface area contributed by atoms with E-state index in [2.05, 4.69) is 45.7 Å². The van der Waals surface area contributed by atoms with Crippen molar-refractivity contribution in [3.63, 3.8) is 0 Å². The summed E-state index contributed by atoms with van der Waals surface area (Å²) < 4.78 is 6.28. The molecule has 2 aromatic heterocycles. The number of rotatable bonds is 5. The van der Waals surface area contributed by atoms with Crippen LogP contribution in [0.3, 0.4) is 0 Å². The fourth-order valence-electron chi connectivity index (χ4n) is 1.53. The molecule has 0 bridgehead atoms. The van der Waals surface area contributed by atoms with Crippen LogP contribution < -0.4 is 5.32 Å². The van der Waals surface area contributed by atoms with Crippen molar-refractivity contribution in [1.82, 2.24) is 5.32 Å². The molecule has 0 aliphatic heterocycles. The van der Waals surface area contributed by atoms with Crippen molar-refractivity contribution < 1.29 is 4.42 Å². The van der Waals surface area contributed by atoms with E-state index in [0.717, 1.165) is 23.4 Å². The van der Waals surface area contributed by atoms with E-state index in [4.69, 9.17) is 4.42 Å². The highest BCUT2D eigenvalue weighted by Crippen LogP contribution is 2.20. The van der Waals surface area contributed by atoms with Gasteiger partial charge in [0.1, 0.15) is 5.76 Å². The van der Waals surface area contributed by atoms with Crippen molar-refractivity contribution in [3.05, 3.63) is 45.0 Å². The third-order valence-electron chi connectivity index (χ3n) is 2.42. The zero-order chi connectivity index (χ0) is 11.4. The van der Waals surface area contributed by atoms with E-state index in [1.165, 1.54) is 4.88 Å². The maximum Gasteiger partial charge on any atom is 0.169 e. The summed E-state index contributed by atoms with van der Waals surface area (Å²) >= 11 is 5.11. The zero-order valence-corrected chi connectivity index (χ0v) is 11.5. The lowest BCUT2D eigenvalue weighted by atomic mass is 10.2. The molecule has 0 aliphatic carbocycles. The highest BCUT2D eigenvalue weighted by Gasteiger charge is 2.08. The first-order valence-electron chi connectivity index (χ1n) is 5.26. The maximum absolute atomic E-state index is 5.49. The first kappa shape index (κ1) is 11.9. The minimum atomic E-state index is 0.256. The third-order valence-corrected chi connectivity index (χ3v) is 3.79. The monoisotopic (exact) mass is 299 g/mol. The fourth-order valence-corrected chi connectivity index (χ4v) is 2.56. The Bertz CT molecular complexity index is 424. The molecule has 1 unspecified atom stereocenters. The smallest absolute Gasteiger partial charge is 0.169 e. The first-order valence-corrected chi connectivity index (χ1v) is 6.94. The van der Waals surface area contributed by atoms with Crippen LogP contribution in [0.25, 0.3) is 0 Å². The SMILES string of the molecule is CC(NCCc1cccs1)c1ccc(Br)o1. The molecule has 0 aliphatic rings. The molecule has 4 heteroatoms. The van der Waals surface area contributed by atoms with Crippen LogP contribution in [0.5, 0.6) is 0 Å². The van der Waals surface area contributed by atoms with Crippen LogP contribution in [-0.2, 0) is 6.42 Å². The summed E-state index contributed by atoms with van der Waals surface area (Å²) in [6, 6.07) is 8.43. The summed E-state index contributed by atoms with van der Waals surface area (Å²) in [5.74, 6) is 0.970. The second-order valence-corrected chi connectivity index (χ2v) is 5.46. The molecule has 0 spiro atoms. The summed E-state index contributed by atoms with van der Waals surface area (Å²) in [4.78, 5) is 1.42. The molecule has 2 heterocycles. The lowest BCUT2D eigenvalue weighted by molar-refractivity contribution is 0.420. The molecule has 2 rings (SSSR count). The summed E-state index contributed by atoms with van der Waals surface area (Å²) in [6.45, 7) is 3.08.